The van der Waals surface area contributed by atoms with E-state index >= 15 is 0 Å². The second-order valence-corrected chi connectivity index (χ2v) is 14.1. The van der Waals surface area contributed by atoms with Crippen molar-refractivity contribution in [2.45, 2.75) is 51.4 Å². The maximum absolute atomic E-state index is 10.3. The Morgan fingerprint density at radius 1 is 0.596 bits per heavy atom. The lowest BCUT2D eigenvalue weighted by molar-refractivity contribution is 0.0899. The molecular weight excluding hydrogens is 573 g/mol. The number of nitriles is 1. The molecule has 0 aliphatic heterocycles. The number of rotatable bonds is 5. The summed E-state index contributed by atoms with van der Waals surface area (Å²) in [4.78, 5) is 14.9. The van der Waals surface area contributed by atoms with Crippen molar-refractivity contribution in [3.8, 4) is 51.4 Å². The largest absolute Gasteiger partial charge is 0.208 e. The summed E-state index contributed by atoms with van der Waals surface area (Å²) < 4.78 is 0. The van der Waals surface area contributed by atoms with Gasteiger partial charge in [0.05, 0.1) is 11.6 Å². The van der Waals surface area contributed by atoms with Crippen LogP contribution in [0.3, 0.4) is 0 Å². The zero-order valence-electron chi connectivity index (χ0n) is 27.0. The molecule has 0 saturated heterocycles. The fraction of sp³-hybridized carbons (Fsp3) is 0.256. The van der Waals surface area contributed by atoms with Gasteiger partial charge in [-0.05, 0) is 89.5 Å². The lowest BCUT2D eigenvalue weighted by atomic mass is 9.57. The normalized spacial score (nSPS) is 22.1. The summed E-state index contributed by atoms with van der Waals surface area (Å²) in [6, 6.07) is 41.9. The fourth-order valence-electron chi connectivity index (χ4n) is 8.74. The second kappa shape index (κ2) is 11.9. The van der Waals surface area contributed by atoms with Crippen LogP contribution >= 0.6 is 0 Å². The second-order valence-electron chi connectivity index (χ2n) is 14.1. The highest BCUT2D eigenvalue weighted by Gasteiger charge is 2.41. The van der Waals surface area contributed by atoms with Gasteiger partial charge in [0.25, 0.3) is 0 Å². The molecule has 4 nitrogen and oxygen atoms in total. The third kappa shape index (κ3) is 5.51. The van der Waals surface area contributed by atoms with E-state index in [-0.39, 0.29) is 5.41 Å². The van der Waals surface area contributed by atoms with Crippen LogP contribution in [0.15, 0.2) is 115 Å². The lowest BCUT2D eigenvalue weighted by Crippen LogP contribution is -2.38. The van der Waals surface area contributed by atoms with Crippen LogP contribution in [0.5, 0.6) is 0 Å². The predicted molar refractivity (Wildman–Crippen MR) is 190 cm³/mol. The van der Waals surface area contributed by atoms with Crippen molar-refractivity contribution in [1.82, 2.24) is 15.0 Å². The molecule has 4 atom stereocenters. The summed E-state index contributed by atoms with van der Waals surface area (Å²) in [5.41, 5.74) is 7.21. The van der Waals surface area contributed by atoms with E-state index in [1.54, 1.807) is 0 Å². The molecule has 2 saturated carbocycles. The molecule has 5 aromatic carbocycles. The van der Waals surface area contributed by atoms with E-state index in [9.17, 15) is 5.26 Å². The van der Waals surface area contributed by atoms with Gasteiger partial charge in [0.15, 0.2) is 17.5 Å². The van der Waals surface area contributed by atoms with Crippen LogP contribution in [0.2, 0.25) is 0 Å². The number of fused-ring (bicyclic) bond motifs is 3. The summed E-state index contributed by atoms with van der Waals surface area (Å²) in [5.74, 6) is 4.38. The highest BCUT2D eigenvalue weighted by Crippen LogP contribution is 2.51. The van der Waals surface area contributed by atoms with Crippen molar-refractivity contribution in [1.29, 1.82) is 5.26 Å². The van der Waals surface area contributed by atoms with Gasteiger partial charge in [-0.25, -0.2) is 15.0 Å². The van der Waals surface area contributed by atoms with E-state index < -0.39 is 0 Å². The Kier molecular flexibility index (Phi) is 7.41. The van der Waals surface area contributed by atoms with Gasteiger partial charge >= 0.3 is 0 Å². The molecule has 6 aromatic rings. The third-order valence-electron chi connectivity index (χ3n) is 10.6. The van der Waals surface area contributed by atoms with E-state index in [1.807, 2.05) is 72.8 Å². The van der Waals surface area contributed by atoms with Crippen molar-refractivity contribution in [2.75, 3.05) is 0 Å². The van der Waals surface area contributed by atoms with Crippen LogP contribution in [0.25, 0.3) is 56.1 Å². The standard InChI is InChI=1S/C43H38N4/c1-28-22-29-24-30(23-28)26-43(2,25-29)35-18-16-31(17-19-35)36-20-21-38(37-15-9-14-34(27-44)39(36)37)42-46-40(32-10-5-3-6-11-32)45-41(47-42)33-12-7-4-8-13-33/h3-21,28-30H,22-26H2,1-2H3/t28?,29-,30?,43?/m1/s1. The zero-order valence-corrected chi connectivity index (χ0v) is 27.0. The average Bonchev–Trinajstić information content (AvgIpc) is 3.11. The van der Waals surface area contributed by atoms with Gasteiger partial charge in [-0.2, -0.15) is 5.26 Å². The molecular formula is C43H38N4. The van der Waals surface area contributed by atoms with Gasteiger partial charge in [-0.1, -0.05) is 117 Å². The summed E-state index contributed by atoms with van der Waals surface area (Å²) in [7, 11) is 0. The highest BCUT2D eigenvalue weighted by atomic mass is 15.0. The summed E-state index contributed by atoms with van der Waals surface area (Å²) >= 11 is 0. The number of nitrogens with zero attached hydrogens (tertiary/aromatic N) is 4. The Balaban J connectivity index is 1.23. The topological polar surface area (TPSA) is 62.5 Å². The molecule has 2 fully saturated rings. The summed E-state index contributed by atoms with van der Waals surface area (Å²) in [5, 5.41) is 12.2. The van der Waals surface area contributed by atoms with Crippen LogP contribution in [0, 0.1) is 29.1 Å². The molecule has 230 valence electrons. The molecule has 0 amide bonds. The number of aromatic nitrogens is 3. The molecule has 0 spiro atoms. The molecule has 1 aromatic heterocycles. The maximum Gasteiger partial charge on any atom is 0.164 e. The van der Waals surface area contributed by atoms with E-state index in [0.29, 0.717) is 23.0 Å². The first-order chi connectivity index (χ1) is 23.0. The van der Waals surface area contributed by atoms with Crippen molar-refractivity contribution >= 4 is 10.8 Å². The highest BCUT2D eigenvalue weighted by molar-refractivity contribution is 6.07. The molecule has 1 heterocycles. The van der Waals surface area contributed by atoms with Crippen molar-refractivity contribution in [3.63, 3.8) is 0 Å². The molecule has 3 unspecified atom stereocenters. The Hall–Kier alpha value is -5.14. The van der Waals surface area contributed by atoms with E-state index in [2.05, 4.69) is 62.4 Å². The Labute approximate surface area is 277 Å². The molecule has 2 aliphatic carbocycles. The zero-order chi connectivity index (χ0) is 32.0. The average molecular weight is 611 g/mol. The minimum atomic E-state index is 0.224. The maximum atomic E-state index is 10.3. The number of hydrogen-bond acceptors (Lipinski definition) is 4. The minimum Gasteiger partial charge on any atom is -0.208 e. The molecule has 0 radical (unpaired) electrons. The van der Waals surface area contributed by atoms with Crippen LogP contribution < -0.4 is 0 Å². The molecule has 2 bridgehead atoms. The first-order valence-electron chi connectivity index (χ1n) is 16.9. The Morgan fingerprint density at radius 2 is 1.17 bits per heavy atom. The monoisotopic (exact) mass is 610 g/mol. The van der Waals surface area contributed by atoms with Crippen LogP contribution in [0.4, 0.5) is 0 Å². The van der Waals surface area contributed by atoms with E-state index in [0.717, 1.165) is 56.3 Å². The van der Waals surface area contributed by atoms with Gasteiger partial charge in [0.1, 0.15) is 0 Å². The van der Waals surface area contributed by atoms with Crippen molar-refractivity contribution < 1.29 is 0 Å². The summed E-state index contributed by atoms with van der Waals surface area (Å²) in [6.07, 6.45) is 6.73. The van der Waals surface area contributed by atoms with Gasteiger partial charge in [0, 0.05) is 22.1 Å². The van der Waals surface area contributed by atoms with Gasteiger partial charge in [-0.15, -0.1) is 0 Å². The smallest absolute Gasteiger partial charge is 0.164 e. The Morgan fingerprint density at radius 3 is 1.77 bits per heavy atom. The van der Waals surface area contributed by atoms with Crippen molar-refractivity contribution in [3.05, 3.63) is 126 Å². The van der Waals surface area contributed by atoms with E-state index in [1.165, 1.54) is 37.7 Å². The van der Waals surface area contributed by atoms with Gasteiger partial charge in [0.2, 0.25) is 0 Å². The predicted octanol–water partition coefficient (Wildman–Crippen LogP) is 10.7. The quantitative estimate of drug-likeness (QED) is 0.195. The third-order valence-corrected chi connectivity index (χ3v) is 10.6. The number of benzene rings is 5. The summed E-state index contributed by atoms with van der Waals surface area (Å²) in [6.45, 7) is 4.92. The van der Waals surface area contributed by atoms with Crippen LogP contribution in [-0.4, -0.2) is 15.0 Å². The van der Waals surface area contributed by atoms with Crippen LogP contribution in [0.1, 0.15) is 57.1 Å². The first-order valence-corrected chi connectivity index (χ1v) is 16.9. The Bertz CT molecular complexity index is 2040. The SMILES string of the molecule is CC1CC2C[C@@H](C1)CC(C)(c1ccc(-c3ccc(-c4nc(-c5ccccc5)nc(-c5ccccc5)n4)c4cccc(C#N)c34)cc1)C2. The molecule has 0 N–H and O–H groups in total. The van der Waals surface area contributed by atoms with Crippen molar-refractivity contribution in [2.24, 2.45) is 17.8 Å². The minimum absolute atomic E-state index is 0.224. The molecule has 8 rings (SSSR count). The fourth-order valence-corrected chi connectivity index (χ4v) is 8.74. The lowest BCUT2D eigenvalue weighted by Gasteiger charge is -2.47. The van der Waals surface area contributed by atoms with Gasteiger partial charge in [-0.3, -0.25) is 0 Å². The number of hydrogen-bond donors (Lipinski definition) is 0. The molecule has 2 aliphatic rings. The molecule has 47 heavy (non-hydrogen) atoms. The van der Waals surface area contributed by atoms with E-state index in [4.69, 9.17) is 15.0 Å². The van der Waals surface area contributed by atoms with Gasteiger partial charge < -0.3 is 0 Å². The first kappa shape index (κ1) is 29.3. The van der Waals surface area contributed by atoms with Crippen LogP contribution in [-0.2, 0) is 5.41 Å². The molecule has 4 heteroatoms.